The van der Waals surface area contributed by atoms with Gasteiger partial charge in [-0.25, -0.2) is 0 Å². The summed E-state index contributed by atoms with van der Waals surface area (Å²) in [5.41, 5.74) is -0.0678. The van der Waals surface area contributed by atoms with E-state index in [2.05, 4.69) is 31.9 Å². The van der Waals surface area contributed by atoms with Crippen LogP contribution in [0.3, 0.4) is 0 Å². The molecule has 1 aromatic rings. The van der Waals surface area contributed by atoms with Crippen LogP contribution < -0.4 is 5.56 Å². The Kier molecular flexibility index (Phi) is 4.73. The predicted octanol–water partition coefficient (Wildman–Crippen LogP) is 2.74. The minimum Gasteiger partial charge on any atom is -0.313 e. The molecule has 1 heterocycles. The van der Waals surface area contributed by atoms with Crippen molar-refractivity contribution in [1.29, 1.82) is 0 Å². The highest BCUT2D eigenvalue weighted by atomic mass is 79.9. The second-order valence-corrected chi connectivity index (χ2v) is 5.08. The first-order valence-corrected chi connectivity index (χ1v) is 6.14. The lowest BCUT2D eigenvalue weighted by Gasteiger charge is -2.05. The van der Waals surface area contributed by atoms with E-state index >= 15 is 0 Å². The van der Waals surface area contributed by atoms with Gasteiger partial charge in [-0.3, -0.25) is 4.79 Å². The first kappa shape index (κ1) is 12.6. The first-order chi connectivity index (χ1) is 7.00. The fourth-order valence-electron chi connectivity index (χ4n) is 1.23. The molecule has 0 radical (unpaired) electrons. The van der Waals surface area contributed by atoms with Gasteiger partial charge in [0, 0.05) is 23.6 Å². The summed E-state index contributed by atoms with van der Waals surface area (Å²) in [6.07, 6.45) is 2.93. The Morgan fingerprint density at radius 3 is 2.73 bits per heavy atom. The third-order valence-electron chi connectivity index (χ3n) is 1.94. The van der Waals surface area contributed by atoms with Gasteiger partial charge in [-0.05, 0) is 51.3 Å². The average Bonchev–Trinajstić information content (AvgIpc) is 2.12. The molecule has 0 aliphatic rings. The first-order valence-electron chi connectivity index (χ1n) is 4.55. The summed E-state index contributed by atoms with van der Waals surface area (Å²) in [6.45, 7) is 2.12. The fraction of sp³-hybridized carbons (Fsp3) is 0.400. The Bertz CT molecular complexity index is 426. The third kappa shape index (κ3) is 3.91. The highest BCUT2D eigenvalue weighted by Crippen LogP contribution is 2.13. The Balaban J connectivity index is 2.77. The molecule has 0 aliphatic carbocycles. The maximum Gasteiger partial charge on any atom is 0.264 e. The number of halogens is 2. The zero-order valence-electron chi connectivity index (χ0n) is 8.30. The number of carbonyl (C=O) groups is 1. The molecule has 15 heavy (non-hydrogen) atoms. The SMILES string of the molecule is CC(=O)CCCn1cc(Br)cc(Br)c1=O. The van der Waals surface area contributed by atoms with Crippen molar-refractivity contribution in [3.8, 4) is 0 Å². The molecule has 0 spiro atoms. The molecule has 0 atom stereocenters. The van der Waals surface area contributed by atoms with Crippen molar-refractivity contribution in [2.75, 3.05) is 0 Å². The number of ketones is 1. The van der Waals surface area contributed by atoms with Crippen LogP contribution in [0.5, 0.6) is 0 Å². The quantitative estimate of drug-likeness (QED) is 0.848. The van der Waals surface area contributed by atoms with Gasteiger partial charge in [0.05, 0.1) is 4.47 Å². The molecular weight excluding hydrogens is 326 g/mol. The van der Waals surface area contributed by atoms with Crippen LogP contribution >= 0.6 is 31.9 Å². The van der Waals surface area contributed by atoms with Gasteiger partial charge in [-0.2, -0.15) is 0 Å². The molecule has 1 aromatic heterocycles. The molecule has 0 saturated heterocycles. The van der Waals surface area contributed by atoms with Crippen molar-refractivity contribution in [1.82, 2.24) is 4.57 Å². The van der Waals surface area contributed by atoms with Crippen LogP contribution in [0.2, 0.25) is 0 Å². The topological polar surface area (TPSA) is 39.1 Å². The van der Waals surface area contributed by atoms with Crippen LogP contribution in [0.15, 0.2) is 26.0 Å². The number of hydrogen-bond acceptors (Lipinski definition) is 2. The number of carbonyl (C=O) groups excluding carboxylic acids is 1. The van der Waals surface area contributed by atoms with Gasteiger partial charge in [0.2, 0.25) is 0 Å². The lowest BCUT2D eigenvalue weighted by atomic mass is 10.2. The molecule has 0 aromatic carbocycles. The van der Waals surface area contributed by atoms with Crippen LogP contribution in [0.1, 0.15) is 19.8 Å². The monoisotopic (exact) mass is 335 g/mol. The van der Waals surface area contributed by atoms with Gasteiger partial charge >= 0.3 is 0 Å². The minimum absolute atomic E-state index is 0.0678. The van der Waals surface area contributed by atoms with Crippen LogP contribution in [0.4, 0.5) is 0 Å². The molecule has 0 bridgehead atoms. The van der Waals surface area contributed by atoms with Crippen LogP contribution in [-0.2, 0) is 11.3 Å². The smallest absolute Gasteiger partial charge is 0.264 e. The van der Waals surface area contributed by atoms with E-state index in [1.165, 1.54) is 0 Å². The van der Waals surface area contributed by atoms with Crippen molar-refractivity contribution in [3.63, 3.8) is 0 Å². The number of Topliss-reactive ketones (excluding diaryl/α,β-unsaturated/α-hetero) is 1. The summed E-state index contributed by atoms with van der Waals surface area (Å²) >= 11 is 6.50. The van der Waals surface area contributed by atoms with E-state index in [1.54, 1.807) is 23.8 Å². The minimum atomic E-state index is -0.0678. The van der Waals surface area contributed by atoms with Gasteiger partial charge in [-0.1, -0.05) is 0 Å². The molecular formula is C10H11Br2NO2. The second kappa shape index (κ2) is 5.61. The molecule has 82 valence electrons. The van der Waals surface area contributed by atoms with Gasteiger partial charge in [0.15, 0.2) is 0 Å². The van der Waals surface area contributed by atoms with E-state index in [0.29, 0.717) is 23.9 Å². The Hall–Kier alpha value is -0.420. The van der Waals surface area contributed by atoms with Gasteiger partial charge < -0.3 is 9.36 Å². The lowest BCUT2D eigenvalue weighted by molar-refractivity contribution is -0.117. The highest BCUT2D eigenvalue weighted by Gasteiger charge is 2.03. The number of aryl methyl sites for hydroxylation is 1. The summed E-state index contributed by atoms with van der Waals surface area (Å²) in [5.74, 6) is 0.150. The van der Waals surface area contributed by atoms with Gasteiger partial charge in [0.1, 0.15) is 5.78 Å². The van der Waals surface area contributed by atoms with E-state index in [4.69, 9.17) is 0 Å². The van der Waals surface area contributed by atoms with E-state index in [1.807, 2.05) is 0 Å². The normalized spacial score (nSPS) is 10.3. The highest BCUT2D eigenvalue weighted by molar-refractivity contribution is 9.11. The van der Waals surface area contributed by atoms with Crippen LogP contribution in [0, 0.1) is 0 Å². The van der Waals surface area contributed by atoms with Crippen molar-refractivity contribution in [3.05, 3.63) is 31.6 Å². The summed E-state index contributed by atoms with van der Waals surface area (Å²) in [6, 6.07) is 1.71. The molecule has 0 saturated carbocycles. The molecule has 3 nitrogen and oxygen atoms in total. The summed E-state index contributed by atoms with van der Waals surface area (Å²) in [5, 5.41) is 0. The molecule has 5 heteroatoms. The van der Waals surface area contributed by atoms with E-state index < -0.39 is 0 Å². The number of pyridine rings is 1. The second-order valence-electron chi connectivity index (χ2n) is 3.31. The zero-order chi connectivity index (χ0) is 11.4. The van der Waals surface area contributed by atoms with Gasteiger partial charge in [0.25, 0.3) is 5.56 Å². The predicted molar refractivity (Wildman–Crippen MR) is 66.0 cm³/mol. The summed E-state index contributed by atoms with van der Waals surface area (Å²) in [7, 11) is 0. The van der Waals surface area contributed by atoms with Crippen molar-refractivity contribution in [2.24, 2.45) is 0 Å². The Morgan fingerprint density at radius 2 is 2.13 bits per heavy atom. The largest absolute Gasteiger partial charge is 0.313 e. The summed E-state index contributed by atoms with van der Waals surface area (Å²) in [4.78, 5) is 22.4. The standard InChI is InChI=1S/C10H11Br2NO2/c1-7(14)3-2-4-13-6-8(11)5-9(12)10(13)15/h5-6H,2-4H2,1H3. The third-order valence-corrected chi connectivity index (χ3v) is 2.94. The van der Waals surface area contributed by atoms with Crippen molar-refractivity contribution in [2.45, 2.75) is 26.3 Å². The zero-order valence-corrected chi connectivity index (χ0v) is 11.5. The molecule has 0 fully saturated rings. The average molecular weight is 337 g/mol. The van der Waals surface area contributed by atoms with Crippen LogP contribution in [-0.4, -0.2) is 10.4 Å². The Labute approximate surface area is 105 Å². The van der Waals surface area contributed by atoms with E-state index in [9.17, 15) is 9.59 Å². The van der Waals surface area contributed by atoms with E-state index in [0.717, 1.165) is 4.47 Å². The van der Waals surface area contributed by atoms with Crippen LogP contribution in [0.25, 0.3) is 0 Å². The molecule has 0 amide bonds. The van der Waals surface area contributed by atoms with Crippen molar-refractivity contribution < 1.29 is 4.79 Å². The molecule has 1 rings (SSSR count). The Morgan fingerprint density at radius 1 is 1.47 bits per heavy atom. The molecule has 0 aliphatic heterocycles. The van der Waals surface area contributed by atoms with Crippen molar-refractivity contribution >= 4 is 37.6 Å². The lowest BCUT2D eigenvalue weighted by Crippen LogP contribution is -2.20. The van der Waals surface area contributed by atoms with Gasteiger partial charge in [-0.15, -0.1) is 0 Å². The fourth-order valence-corrected chi connectivity index (χ4v) is 2.49. The molecule has 0 N–H and O–H groups in total. The maximum atomic E-state index is 11.6. The molecule has 0 unspecified atom stereocenters. The maximum absolute atomic E-state index is 11.6. The number of hydrogen-bond donors (Lipinski definition) is 0. The number of rotatable bonds is 4. The summed E-state index contributed by atoms with van der Waals surface area (Å²) < 4.78 is 2.97. The van der Waals surface area contributed by atoms with E-state index in [-0.39, 0.29) is 11.3 Å². The number of aromatic nitrogens is 1. The number of nitrogens with zero attached hydrogens (tertiary/aromatic N) is 1.